The van der Waals surface area contributed by atoms with E-state index in [4.69, 9.17) is 12.2 Å². The van der Waals surface area contributed by atoms with Crippen LogP contribution in [0.3, 0.4) is 0 Å². The molecule has 0 aromatic carbocycles. The van der Waals surface area contributed by atoms with Crippen molar-refractivity contribution in [3.05, 3.63) is 20.6 Å². The summed E-state index contributed by atoms with van der Waals surface area (Å²) in [6.07, 6.45) is 7.46. The maximum atomic E-state index is 5.34. The first-order valence-electron chi connectivity index (χ1n) is 6.94. The molecule has 18 heavy (non-hydrogen) atoms. The highest BCUT2D eigenvalue weighted by Crippen LogP contribution is 2.36. The molecule has 1 saturated carbocycles. The van der Waals surface area contributed by atoms with E-state index in [0.29, 0.717) is 10.6 Å². The van der Waals surface area contributed by atoms with E-state index >= 15 is 0 Å². The summed E-state index contributed by atoms with van der Waals surface area (Å²) in [6.45, 7) is 4.44. The Bertz CT molecular complexity index is 469. The third-order valence-corrected chi connectivity index (χ3v) is 5.47. The molecule has 1 aromatic rings. The molecule has 2 unspecified atom stereocenters. The predicted octanol–water partition coefficient (Wildman–Crippen LogP) is 5.15. The van der Waals surface area contributed by atoms with Crippen LogP contribution in [0, 0.1) is 10.6 Å². The SMILES string of the molecule is CCc1[nH]c(C2CCCC(CC)C2)nc(=S)c1Br. The van der Waals surface area contributed by atoms with Crippen molar-refractivity contribution in [2.45, 2.75) is 58.3 Å². The van der Waals surface area contributed by atoms with Gasteiger partial charge in [0, 0.05) is 11.6 Å². The van der Waals surface area contributed by atoms with Crippen molar-refractivity contribution in [3.8, 4) is 0 Å². The van der Waals surface area contributed by atoms with Gasteiger partial charge in [0.05, 0.1) is 4.47 Å². The number of hydrogen-bond acceptors (Lipinski definition) is 2. The van der Waals surface area contributed by atoms with Gasteiger partial charge in [-0.25, -0.2) is 4.98 Å². The second kappa shape index (κ2) is 6.29. The number of aromatic amines is 1. The zero-order valence-electron chi connectivity index (χ0n) is 11.1. The Morgan fingerprint density at radius 3 is 2.83 bits per heavy atom. The first kappa shape index (κ1) is 14.2. The Hall–Kier alpha value is -0.220. The Balaban J connectivity index is 2.27. The second-order valence-corrected chi connectivity index (χ2v) is 6.39. The van der Waals surface area contributed by atoms with Gasteiger partial charge in [0.15, 0.2) is 0 Å². The summed E-state index contributed by atoms with van der Waals surface area (Å²) in [5, 5.41) is 0. The summed E-state index contributed by atoms with van der Waals surface area (Å²) >= 11 is 8.87. The first-order chi connectivity index (χ1) is 8.65. The van der Waals surface area contributed by atoms with Gasteiger partial charge in [-0.05, 0) is 41.1 Å². The average Bonchev–Trinajstić information content (AvgIpc) is 2.41. The molecule has 4 heteroatoms. The summed E-state index contributed by atoms with van der Waals surface area (Å²) in [6, 6.07) is 0. The second-order valence-electron chi connectivity index (χ2n) is 5.21. The van der Waals surface area contributed by atoms with E-state index in [1.165, 1.54) is 37.8 Å². The molecule has 0 amide bonds. The van der Waals surface area contributed by atoms with E-state index in [-0.39, 0.29) is 0 Å². The number of nitrogens with zero attached hydrogens (tertiary/aromatic N) is 1. The van der Waals surface area contributed by atoms with Gasteiger partial charge in [0.2, 0.25) is 0 Å². The minimum Gasteiger partial charge on any atom is -0.346 e. The highest BCUT2D eigenvalue weighted by atomic mass is 79.9. The highest BCUT2D eigenvalue weighted by Gasteiger charge is 2.24. The van der Waals surface area contributed by atoms with E-state index in [1.54, 1.807) is 0 Å². The lowest BCUT2D eigenvalue weighted by Gasteiger charge is -2.28. The molecule has 2 rings (SSSR count). The minimum atomic E-state index is 0.573. The van der Waals surface area contributed by atoms with Crippen LogP contribution in [0.4, 0.5) is 0 Å². The summed E-state index contributed by atoms with van der Waals surface area (Å²) in [5.41, 5.74) is 1.18. The van der Waals surface area contributed by atoms with Crippen molar-refractivity contribution in [1.82, 2.24) is 9.97 Å². The molecular weight excluding hydrogens is 308 g/mol. The maximum absolute atomic E-state index is 5.34. The molecule has 1 aliphatic carbocycles. The number of aromatic nitrogens is 2. The molecule has 1 fully saturated rings. The quantitative estimate of drug-likeness (QED) is 0.777. The van der Waals surface area contributed by atoms with Crippen LogP contribution in [0.15, 0.2) is 4.47 Å². The largest absolute Gasteiger partial charge is 0.346 e. The summed E-state index contributed by atoms with van der Waals surface area (Å²) in [7, 11) is 0. The Morgan fingerprint density at radius 1 is 1.39 bits per heavy atom. The summed E-state index contributed by atoms with van der Waals surface area (Å²) in [5.74, 6) is 2.54. The fourth-order valence-electron chi connectivity index (χ4n) is 2.87. The van der Waals surface area contributed by atoms with Crippen LogP contribution >= 0.6 is 28.1 Å². The van der Waals surface area contributed by atoms with E-state index in [1.807, 2.05) is 0 Å². The van der Waals surface area contributed by atoms with E-state index < -0.39 is 0 Å². The van der Waals surface area contributed by atoms with Gasteiger partial charge in [-0.1, -0.05) is 45.3 Å². The van der Waals surface area contributed by atoms with Crippen molar-refractivity contribution in [1.29, 1.82) is 0 Å². The normalized spacial score (nSPS) is 24.2. The van der Waals surface area contributed by atoms with Crippen molar-refractivity contribution in [3.63, 3.8) is 0 Å². The summed E-state index contributed by atoms with van der Waals surface area (Å²) < 4.78 is 1.67. The first-order valence-corrected chi connectivity index (χ1v) is 8.14. The standard InChI is InChI=1S/C14H21BrN2S/c1-3-9-6-5-7-10(8-9)13-16-11(4-2)12(15)14(18)17-13/h9-10H,3-8H2,1-2H3,(H,16,17,18). The maximum Gasteiger partial charge on any atom is 0.144 e. The van der Waals surface area contributed by atoms with Crippen molar-refractivity contribution < 1.29 is 0 Å². The van der Waals surface area contributed by atoms with Crippen LogP contribution in [0.5, 0.6) is 0 Å². The van der Waals surface area contributed by atoms with E-state index in [9.17, 15) is 0 Å². The van der Waals surface area contributed by atoms with E-state index in [0.717, 1.165) is 22.6 Å². The van der Waals surface area contributed by atoms with Crippen molar-refractivity contribution >= 4 is 28.1 Å². The Kier molecular flexibility index (Phi) is 4.96. The number of rotatable bonds is 3. The number of nitrogens with one attached hydrogen (secondary N) is 1. The lowest BCUT2D eigenvalue weighted by Crippen LogP contribution is -2.16. The molecular formula is C14H21BrN2S. The molecule has 0 bridgehead atoms. The number of aryl methyl sites for hydroxylation is 1. The zero-order chi connectivity index (χ0) is 13.1. The third-order valence-electron chi connectivity index (χ3n) is 4.05. The third kappa shape index (κ3) is 3.02. The molecule has 0 spiro atoms. The van der Waals surface area contributed by atoms with Crippen LogP contribution in [-0.4, -0.2) is 9.97 Å². The lowest BCUT2D eigenvalue weighted by atomic mass is 9.80. The van der Waals surface area contributed by atoms with Crippen molar-refractivity contribution in [2.24, 2.45) is 5.92 Å². The Morgan fingerprint density at radius 2 is 2.17 bits per heavy atom. The lowest BCUT2D eigenvalue weighted by molar-refractivity contribution is 0.306. The van der Waals surface area contributed by atoms with Gasteiger partial charge >= 0.3 is 0 Å². The number of hydrogen-bond donors (Lipinski definition) is 1. The predicted molar refractivity (Wildman–Crippen MR) is 81.5 cm³/mol. The van der Waals surface area contributed by atoms with Crippen LogP contribution in [0.25, 0.3) is 0 Å². The van der Waals surface area contributed by atoms with Crippen LogP contribution in [-0.2, 0) is 6.42 Å². The molecule has 1 N–H and O–H groups in total. The fraction of sp³-hybridized carbons (Fsp3) is 0.714. The molecule has 1 aliphatic rings. The molecule has 1 heterocycles. The van der Waals surface area contributed by atoms with Gasteiger partial charge < -0.3 is 4.98 Å². The number of H-pyrrole nitrogens is 1. The van der Waals surface area contributed by atoms with Crippen LogP contribution < -0.4 is 0 Å². The van der Waals surface area contributed by atoms with Gasteiger partial charge in [0.25, 0.3) is 0 Å². The monoisotopic (exact) mass is 328 g/mol. The van der Waals surface area contributed by atoms with Crippen LogP contribution in [0.2, 0.25) is 0 Å². The molecule has 0 saturated heterocycles. The van der Waals surface area contributed by atoms with Gasteiger partial charge in [-0.3, -0.25) is 0 Å². The van der Waals surface area contributed by atoms with E-state index in [2.05, 4.69) is 39.7 Å². The topological polar surface area (TPSA) is 28.7 Å². The van der Waals surface area contributed by atoms with Gasteiger partial charge in [0.1, 0.15) is 10.5 Å². The zero-order valence-corrected chi connectivity index (χ0v) is 13.5. The molecule has 100 valence electrons. The average molecular weight is 329 g/mol. The Labute approximate surface area is 123 Å². The molecule has 2 atom stereocenters. The molecule has 0 radical (unpaired) electrons. The minimum absolute atomic E-state index is 0.573. The molecule has 1 aromatic heterocycles. The molecule has 0 aliphatic heterocycles. The summed E-state index contributed by atoms with van der Waals surface area (Å²) in [4.78, 5) is 8.08. The van der Waals surface area contributed by atoms with Crippen molar-refractivity contribution in [2.75, 3.05) is 0 Å². The highest BCUT2D eigenvalue weighted by molar-refractivity contribution is 9.10. The molecule has 2 nitrogen and oxygen atoms in total. The number of halogens is 1. The fourth-order valence-corrected chi connectivity index (χ4v) is 3.56. The van der Waals surface area contributed by atoms with Gasteiger partial charge in [-0.2, -0.15) is 0 Å². The van der Waals surface area contributed by atoms with Crippen LogP contribution in [0.1, 0.15) is 63.4 Å². The smallest absolute Gasteiger partial charge is 0.144 e. The van der Waals surface area contributed by atoms with Gasteiger partial charge in [-0.15, -0.1) is 0 Å².